The first-order chi connectivity index (χ1) is 9.77. The summed E-state index contributed by atoms with van der Waals surface area (Å²) in [7, 11) is -3.69. The fourth-order valence-corrected chi connectivity index (χ4v) is 3.51. The molecule has 0 fully saturated rings. The maximum absolute atomic E-state index is 12.1. The van der Waals surface area contributed by atoms with Crippen molar-refractivity contribution in [1.29, 1.82) is 0 Å². The molecule has 0 bridgehead atoms. The number of aromatic nitrogens is 1. The molecule has 0 unspecified atom stereocenters. The number of nitrogens with two attached hydrogens (primary N) is 1. The number of thiophene rings is 1. The lowest BCUT2D eigenvalue weighted by atomic mass is 10.1. The number of sulfonamides is 1. The van der Waals surface area contributed by atoms with Crippen molar-refractivity contribution in [1.82, 2.24) is 10.3 Å². The lowest BCUT2D eigenvalue weighted by molar-refractivity contribution is 0.0950. The molecule has 8 heteroatoms. The summed E-state index contributed by atoms with van der Waals surface area (Å²) in [5.74, 6) is -0.245. The molecular weight excluding hydrogens is 310 g/mol. The Morgan fingerprint density at radius 1 is 1.29 bits per heavy atom. The summed E-state index contributed by atoms with van der Waals surface area (Å²) < 4.78 is 22.4. The number of carbonyl (C=O) groups excluding carboxylic acids is 1. The average Bonchev–Trinajstić information content (AvgIpc) is 2.84. The Labute approximate surface area is 127 Å². The largest absolute Gasteiger partial charge is 0.347 e. The number of hydrogen-bond acceptors (Lipinski definition) is 5. The van der Waals surface area contributed by atoms with Crippen molar-refractivity contribution in [2.24, 2.45) is 5.14 Å². The minimum atomic E-state index is -3.69. The predicted octanol–water partition coefficient (Wildman–Crippen LogP) is 1.34. The van der Waals surface area contributed by atoms with Crippen LogP contribution in [0.1, 0.15) is 26.6 Å². The van der Waals surface area contributed by atoms with Crippen LogP contribution in [0.15, 0.2) is 28.5 Å². The number of nitrogens with zero attached hydrogens (tertiary/aromatic N) is 1. The van der Waals surface area contributed by atoms with Gasteiger partial charge in [-0.15, -0.1) is 11.3 Å². The smallest absolute Gasteiger partial charge is 0.253 e. The maximum atomic E-state index is 12.1. The van der Waals surface area contributed by atoms with E-state index in [1.54, 1.807) is 25.1 Å². The summed E-state index contributed by atoms with van der Waals surface area (Å²) in [5.41, 5.74) is 2.01. The summed E-state index contributed by atoms with van der Waals surface area (Å²) in [4.78, 5) is 17.0. The van der Waals surface area contributed by atoms with Crippen LogP contribution in [0.5, 0.6) is 0 Å². The van der Waals surface area contributed by atoms with Gasteiger partial charge in [-0.05, 0) is 38.1 Å². The van der Waals surface area contributed by atoms with Gasteiger partial charge in [-0.3, -0.25) is 9.78 Å². The van der Waals surface area contributed by atoms with E-state index in [1.165, 1.54) is 6.07 Å². The van der Waals surface area contributed by atoms with E-state index in [2.05, 4.69) is 10.3 Å². The van der Waals surface area contributed by atoms with Gasteiger partial charge in [0.25, 0.3) is 5.91 Å². The highest BCUT2D eigenvalue weighted by Gasteiger charge is 2.13. The average molecular weight is 325 g/mol. The van der Waals surface area contributed by atoms with Gasteiger partial charge in [-0.2, -0.15) is 0 Å². The molecule has 0 radical (unpaired) electrons. The van der Waals surface area contributed by atoms with Gasteiger partial charge in [-0.1, -0.05) is 0 Å². The van der Waals surface area contributed by atoms with E-state index in [0.29, 0.717) is 16.1 Å². The second-order valence-electron chi connectivity index (χ2n) is 4.53. The van der Waals surface area contributed by atoms with Crippen LogP contribution < -0.4 is 10.5 Å². The summed E-state index contributed by atoms with van der Waals surface area (Å²) in [6, 6.07) is 6.55. The first-order valence-electron chi connectivity index (χ1n) is 6.11. The molecule has 0 spiro atoms. The van der Waals surface area contributed by atoms with Crippen LogP contribution in [0.3, 0.4) is 0 Å². The van der Waals surface area contributed by atoms with Gasteiger partial charge in [0.05, 0.1) is 17.8 Å². The molecule has 3 N–H and O–H groups in total. The molecule has 2 rings (SSSR count). The highest BCUT2D eigenvalue weighted by Crippen LogP contribution is 2.20. The fraction of sp³-hybridized carbons (Fsp3) is 0.231. The number of aryl methyl sites for hydroxylation is 2. The molecule has 0 aliphatic carbocycles. The van der Waals surface area contributed by atoms with Crippen LogP contribution >= 0.6 is 11.3 Å². The van der Waals surface area contributed by atoms with Crippen molar-refractivity contribution in [2.75, 3.05) is 0 Å². The lowest BCUT2D eigenvalue weighted by Crippen LogP contribution is -2.23. The number of carbonyl (C=O) groups is 1. The SMILES string of the molecule is Cc1ccc(C(=O)NCc2ccc(S(N)(=O)=O)s2)c(C)n1. The lowest BCUT2D eigenvalue weighted by Gasteiger charge is -2.06. The van der Waals surface area contributed by atoms with Gasteiger partial charge < -0.3 is 5.32 Å². The topological polar surface area (TPSA) is 102 Å². The third-order valence-corrected chi connectivity index (χ3v) is 5.33. The van der Waals surface area contributed by atoms with Crippen LogP contribution in [0.25, 0.3) is 0 Å². The van der Waals surface area contributed by atoms with Crippen molar-refractivity contribution < 1.29 is 13.2 Å². The van der Waals surface area contributed by atoms with Crippen molar-refractivity contribution in [3.05, 3.63) is 46.1 Å². The normalized spacial score (nSPS) is 11.4. The third-order valence-electron chi connectivity index (χ3n) is 2.81. The fourth-order valence-electron chi connectivity index (χ4n) is 1.80. The Balaban J connectivity index is 2.06. The van der Waals surface area contributed by atoms with E-state index >= 15 is 0 Å². The zero-order valence-corrected chi connectivity index (χ0v) is 13.2. The molecule has 21 heavy (non-hydrogen) atoms. The van der Waals surface area contributed by atoms with E-state index in [4.69, 9.17) is 5.14 Å². The van der Waals surface area contributed by atoms with Gasteiger partial charge in [0.15, 0.2) is 0 Å². The quantitative estimate of drug-likeness (QED) is 0.885. The number of amides is 1. The van der Waals surface area contributed by atoms with E-state index < -0.39 is 10.0 Å². The Morgan fingerprint density at radius 2 is 2.00 bits per heavy atom. The van der Waals surface area contributed by atoms with E-state index in [-0.39, 0.29) is 16.7 Å². The van der Waals surface area contributed by atoms with Crippen molar-refractivity contribution >= 4 is 27.3 Å². The van der Waals surface area contributed by atoms with Gasteiger partial charge in [-0.25, -0.2) is 13.6 Å². The molecule has 112 valence electrons. The third kappa shape index (κ3) is 3.87. The minimum absolute atomic E-state index is 0.0833. The molecule has 0 aromatic carbocycles. The molecule has 0 saturated carbocycles. The number of primary sulfonamides is 1. The number of rotatable bonds is 4. The molecule has 0 aliphatic rings. The van der Waals surface area contributed by atoms with Gasteiger partial charge >= 0.3 is 0 Å². The monoisotopic (exact) mass is 325 g/mol. The van der Waals surface area contributed by atoms with E-state index in [0.717, 1.165) is 17.0 Å². The van der Waals surface area contributed by atoms with Gasteiger partial charge in [0.2, 0.25) is 10.0 Å². The highest BCUT2D eigenvalue weighted by atomic mass is 32.2. The first kappa shape index (κ1) is 15.6. The number of hydrogen-bond donors (Lipinski definition) is 2. The zero-order chi connectivity index (χ0) is 15.6. The van der Waals surface area contributed by atoms with Crippen LogP contribution in [0.2, 0.25) is 0 Å². The second kappa shape index (κ2) is 5.92. The van der Waals surface area contributed by atoms with E-state index in [9.17, 15) is 13.2 Å². The van der Waals surface area contributed by atoms with Crippen molar-refractivity contribution in [3.8, 4) is 0 Å². The molecule has 0 saturated heterocycles. The van der Waals surface area contributed by atoms with Crippen LogP contribution in [-0.2, 0) is 16.6 Å². The Kier molecular flexibility index (Phi) is 4.40. The maximum Gasteiger partial charge on any atom is 0.253 e. The van der Waals surface area contributed by atoms with Crippen molar-refractivity contribution in [2.45, 2.75) is 24.6 Å². The zero-order valence-electron chi connectivity index (χ0n) is 11.6. The summed E-state index contributed by atoms with van der Waals surface area (Å²) in [6.07, 6.45) is 0. The minimum Gasteiger partial charge on any atom is -0.347 e. The number of pyridine rings is 1. The highest BCUT2D eigenvalue weighted by molar-refractivity contribution is 7.91. The standard InChI is InChI=1S/C13H15N3O3S2/c1-8-3-5-11(9(2)16-8)13(17)15-7-10-4-6-12(20-10)21(14,18)19/h3-6H,7H2,1-2H3,(H,15,17)(H2,14,18,19). The summed E-state index contributed by atoms with van der Waals surface area (Å²) in [5, 5.41) is 7.77. The second-order valence-corrected chi connectivity index (χ2v) is 7.49. The Hall–Kier alpha value is -1.77. The predicted molar refractivity (Wildman–Crippen MR) is 80.6 cm³/mol. The molecule has 1 amide bonds. The molecule has 0 aliphatic heterocycles. The summed E-state index contributed by atoms with van der Waals surface area (Å²) in [6.45, 7) is 3.87. The molecule has 2 aromatic rings. The molecule has 0 atom stereocenters. The first-order valence-corrected chi connectivity index (χ1v) is 8.47. The number of nitrogens with one attached hydrogen (secondary N) is 1. The summed E-state index contributed by atoms with van der Waals surface area (Å²) >= 11 is 1.04. The van der Waals surface area contributed by atoms with Gasteiger partial charge in [0.1, 0.15) is 4.21 Å². The molecule has 2 heterocycles. The van der Waals surface area contributed by atoms with Crippen LogP contribution in [0, 0.1) is 13.8 Å². The molecule has 6 nitrogen and oxygen atoms in total. The molecular formula is C13H15N3O3S2. The van der Waals surface area contributed by atoms with Crippen LogP contribution in [0.4, 0.5) is 0 Å². The van der Waals surface area contributed by atoms with Gasteiger partial charge in [0, 0.05) is 10.6 Å². The van der Waals surface area contributed by atoms with Crippen LogP contribution in [-0.4, -0.2) is 19.3 Å². The Morgan fingerprint density at radius 3 is 2.57 bits per heavy atom. The van der Waals surface area contributed by atoms with E-state index in [1.807, 2.05) is 6.92 Å². The molecule has 2 aromatic heterocycles. The Bertz CT molecular complexity index is 782. The van der Waals surface area contributed by atoms with Crippen molar-refractivity contribution in [3.63, 3.8) is 0 Å².